The number of fused-ring (bicyclic) bond motifs is 1. The van der Waals surface area contributed by atoms with Crippen LogP contribution in [0, 0.1) is 27.2 Å². The second kappa shape index (κ2) is 9.59. The molecular formula is C18H14N6O8S3. The van der Waals surface area contributed by atoms with Gasteiger partial charge in [-0.15, -0.1) is 22.0 Å². The molecule has 0 spiro atoms. The number of hydrogen-bond acceptors (Lipinski definition) is 12. The van der Waals surface area contributed by atoms with Crippen LogP contribution < -0.4 is 5.32 Å². The first-order valence-electron chi connectivity index (χ1n) is 9.64. The quantitative estimate of drug-likeness (QED) is 0.214. The number of amides is 2. The Morgan fingerprint density at radius 3 is 2.43 bits per heavy atom. The van der Waals surface area contributed by atoms with Crippen LogP contribution in [0.3, 0.4) is 0 Å². The van der Waals surface area contributed by atoms with E-state index in [9.17, 15) is 39.7 Å². The maximum Gasteiger partial charge on any atom is 0.352 e. The molecule has 1 aromatic carbocycles. The van der Waals surface area contributed by atoms with Gasteiger partial charge in [0.05, 0.1) is 21.5 Å². The molecule has 0 aliphatic carbocycles. The summed E-state index contributed by atoms with van der Waals surface area (Å²) < 4.78 is 0.665. The van der Waals surface area contributed by atoms with Crippen LogP contribution in [-0.2, 0) is 9.59 Å². The Balaban J connectivity index is 1.51. The number of aromatic nitrogens is 2. The van der Waals surface area contributed by atoms with Crippen molar-refractivity contribution < 1.29 is 29.3 Å². The number of hydrogen-bond donors (Lipinski definition) is 2. The highest BCUT2D eigenvalue weighted by molar-refractivity contribution is 8.01. The van der Waals surface area contributed by atoms with Gasteiger partial charge in [-0.25, -0.2) is 4.79 Å². The zero-order chi connectivity index (χ0) is 25.4. The highest BCUT2D eigenvalue weighted by Gasteiger charge is 2.54. The predicted octanol–water partition coefficient (Wildman–Crippen LogP) is 1.81. The third-order valence-electron chi connectivity index (χ3n) is 5.00. The van der Waals surface area contributed by atoms with Crippen molar-refractivity contribution in [3.63, 3.8) is 0 Å². The Morgan fingerprint density at radius 2 is 1.89 bits per heavy atom. The summed E-state index contributed by atoms with van der Waals surface area (Å²) in [6.07, 6.45) is 0. The smallest absolute Gasteiger partial charge is 0.352 e. The fourth-order valence-corrected chi connectivity index (χ4v) is 6.74. The van der Waals surface area contributed by atoms with Crippen molar-refractivity contribution in [2.24, 2.45) is 0 Å². The van der Waals surface area contributed by atoms with E-state index in [1.807, 2.05) is 0 Å². The minimum atomic E-state index is -1.29. The number of carboxylic acid groups (broad SMARTS) is 1. The molecule has 4 rings (SSSR count). The van der Waals surface area contributed by atoms with Crippen LogP contribution >= 0.6 is 34.9 Å². The SMILES string of the molecule is Cc1nnc(SCC2=C(C(=O)O)N3C(=O)[C@@H](NC(=O)c4cc([N+](=O)[O-])cc([N+](=O)[O-])c4)[C@@H]3SC2)s1. The molecule has 2 N–H and O–H groups in total. The normalized spacial score (nSPS) is 19.1. The molecule has 0 unspecified atom stereocenters. The molecule has 0 saturated carbocycles. The number of aliphatic carboxylic acids is 1. The number of non-ortho nitro benzene ring substituents is 2. The molecule has 2 atom stereocenters. The molecule has 0 bridgehead atoms. The monoisotopic (exact) mass is 538 g/mol. The molecule has 3 heterocycles. The number of nitrogens with one attached hydrogen (secondary N) is 1. The zero-order valence-corrected chi connectivity index (χ0v) is 20.0. The van der Waals surface area contributed by atoms with Crippen molar-refractivity contribution in [3.8, 4) is 0 Å². The molecule has 17 heteroatoms. The third-order valence-corrected chi connectivity index (χ3v) is 8.40. The van der Waals surface area contributed by atoms with Gasteiger partial charge in [0.15, 0.2) is 4.34 Å². The van der Waals surface area contributed by atoms with Gasteiger partial charge in [0, 0.05) is 23.6 Å². The Labute approximate surface area is 208 Å². The van der Waals surface area contributed by atoms with Gasteiger partial charge in [-0.05, 0) is 12.5 Å². The van der Waals surface area contributed by atoms with E-state index in [0.717, 1.165) is 28.1 Å². The number of nitro groups is 2. The molecule has 1 saturated heterocycles. The standard InChI is InChI=1S/C18H14N6O8S3/c1-7-20-21-18(35-7)34-6-9-5-33-16-12(15(26)22(16)13(9)17(27)28)19-14(25)8-2-10(23(29)30)4-11(3-8)24(31)32/h2-4,12,16H,5-6H2,1H3,(H,19,25)(H,27,28)/t12-,16+/m1/s1. The summed E-state index contributed by atoms with van der Waals surface area (Å²) in [6.45, 7) is 1.80. The Bertz CT molecular complexity index is 1280. The summed E-state index contributed by atoms with van der Waals surface area (Å²) in [5.74, 6) is -2.30. The number of nitro benzene ring substituents is 2. The lowest BCUT2D eigenvalue weighted by molar-refractivity contribution is -0.394. The number of nitrogens with zero attached hydrogens (tertiary/aromatic N) is 5. The van der Waals surface area contributed by atoms with Crippen molar-refractivity contribution in [3.05, 3.63) is 60.3 Å². The fraction of sp³-hybridized carbons (Fsp3) is 0.278. The van der Waals surface area contributed by atoms with Crippen LogP contribution in [0.4, 0.5) is 11.4 Å². The Kier molecular flexibility index (Phi) is 6.73. The summed E-state index contributed by atoms with van der Waals surface area (Å²) in [6, 6.07) is 1.35. The van der Waals surface area contributed by atoms with Crippen molar-refractivity contribution in [1.82, 2.24) is 20.4 Å². The summed E-state index contributed by atoms with van der Waals surface area (Å²) in [7, 11) is 0. The topological polar surface area (TPSA) is 199 Å². The Hall–Kier alpha value is -3.57. The van der Waals surface area contributed by atoms with Crippen molar-refractivity contribution >= 4 is 64.0 Å². The van der Waals surface area contributed by atoms with Gasteiger partial charge in [-0.1, -0.05) is 23.1 Å². The van der Waals surface area contributed by atoms with Gasteiger partial charge >= 0.3 is 5.97 Å². The molecule has 2 aromatic rings. The van der Waals surface area contributed by atoms with Crippen LogP contribution in [-0.4, -0.2) is 70.8 Å². The maximum atomic E-state index is 12.8. The molecule has 2 aliphatic heterocycles. The highest BCUT2D eigenvalue weighted by Crippen LogP contribution is 2.42. The highest BCUT2D eigenvalue weighted by atomic mass is 32.2. The first-order valence-corrected chi connectivity index (χ1v) is 12.5. The van der Waals surface area contributed by atoms with Gasteiger partial charge in [-0.3, -0.25) is 34.7 Å². The molecular weight excluding hydrogens is 524 g/mol. The van der Waals surface area contributed by atoms with E-state index >= 15 is 0 Å². The molecule has 182 valence electrons. The first-order chi connectivity index (χ1) is 16.6. The van der Waals surface area contributed by atoms with Crippen molar-refractivity contribution in [1.29, 1.82) is 0 Å². The lowest BCUT2D eigenvalue weighted by atomic mass is 10.0. The van der Waals surface area contributed by atoms with Crippen LogP contribution in [0.2, 0.25) is 0 Å². The number of thioether (sulfide) groups is 2. The number of aryl methyl sites for hydroxylation is 1. The zero-order valence-electron chi connectivity index (χ0n) is 17.6. The average Bonchev–Trinajstić information content (AvgIpc) is 3.24. The first kappa shape index (κ1) is 24.6. The van der Waals surface area contributed by atoms with Gasteiger partial charge in [0.2, 0.25) is 0 Å². The van der Waals surface area contributed by atoms with Crippen LogP contribution in [0.5, 0.6) is 0 Å². The van der Waals surface area contributed by atoms with Gasteiger partial charge in [-0.2, -0.15) is 0 Å². The molecule has 0 radical (unpaired) electrons. The van der Waals surface area contributed by atoms with E-state index in [-0.39, 0.29) is 22.8 Å². The van der Waals surface area contributed by atoms with Crippen molar-refractivity contribution in [2.75, 3.05) is 11.5 Å². The van der Waals surface area contributed by atoms with Crippen LogP contribution in [0.25, 0.3) is 0 Å². The number of β-lactam (4-membered cyclic amide) rings is 1. The average molecular weight is 539 g/mol. The number of carboxylic acids is 1. The largest absolute Gasteiger partial charge is 0.477 e. The van der Waals surface area contributed by atoms with Crippen LogP contribution in [0.15, 0.2) is 33.8 Å². The number of benzene rings is 1. The van der Waals surface area contributed by atoms with Gasteiger partial charge in [0.25, 0.3) is 23.2 Å². The number of rotatable bonds is 8. The van der Waals surface area contributed by atoms with Gasteiger partial charge in [0.1, 0.15) is 22.1 Å². The van der Waals surface area contributed by atoms with Gasteiger partial charge < -0.3 is 10.4 Å². The minimum Gasteiger partial charge on any atom is -0.477 e. The van der Waals surface area contributed by atoms with E-state index in [4.69, 9.17) is 0 Å². The van der Waals surface area contributed by atoms with E-state index in [1.165, 1.54) is 34.9 Å². The third kappa shape index (κ3) is 4.82. The fourth-order valence-electron chi connectivity index (χ4n) is 3.44. The van der Waals surface area contributed by atoms with E-state index in [1.54, 1.807) is 6.92 Å². The lowest BCUT2D eigenvalue weighted by Gasteiger charge is -2.49. The second-order valence-electron chi connectivity index (χ2n) is 7.25. The predicted molar refractivity (Wildman–Crippen MR) is 124 cm³/mol. The molecule has 1 fully saturated rings. The number of carbonyl (C=O) groups excluding carboxylic acids is 2. The molecule has 1 aromatic heterocycles. The maximum absolute atomic E-state index is 12.8. The minimum absolute atomic E-state index is 0.163. The number of carbonyl (C=O) groups is 3. The summed E-state index contributed by atoms with van der Waals surface area (Å²) in [5, 5.41) is 42.3. The molecule has 35 heavy (non-hydrogen) atoms. The Morgan fingerprint density at radius 1 is 1.23 bits per heavy atom. The summed E-state index contributed by atoms with van der Waals surface area (Å²) >= 11 is 3.92. The lowest BCUT2D eigenvalue weighted by Crippen LogP contribution is -2.70. The summed E-state index contributed by atoms with van der Waals surface area (Å²) in [5.41, 5.74) is -1.31. The van der Waals surface area contributed by atoms with Crippen molar-refractivity contribution in [2.45, 2.75) is 22.7 Å². The van der Waals surface area contributed by atoms with E-state index in [2.05, 4.69) is 15.5 Å². The molecule has 2 amide bonds. The second-order valence-corrected chi connectivity index (χ2v) is 10.8. The van der Waals surface area contributed by atoms with E-state index in [0.29, 0.717) is 9.91 Å². The van der Waals surface area contributed by atoms with E-state index < -0.39 is 50.4 Å². The summed E-state index contributed by atoms with van der Waals surface area (Å²) in [4.78, 5) is 58.9. The van der Waals surface area contributed by atoms with Crippen LogP contribution in [0.1, 0.15) is 15.4 Å². The molecule has 2 aliphatic rings. The molecule has 14 nitrogen and oxygen atoms in total.